The van der Waals surface area contributed by atoms with E-state index in [-0.39, 0.29) is 17.8 Å². The molecule has 0 aliphatic carbocycles. The molecule has 0 spiro atoms. The molecule has 0 saturated heterocycles. The molecule has 2 aromatic carbocycles. The number of fused-ring (bicyclic) bond motifs is 1. The van der Waals surface area contributed by atoms with Gasteiger partial charge in [0.05, 0.1) is 18.4 Å². The van der Waals surface area contributed by atoms with Gasteiger partial charge in [-0.05, 0) is 41.5 Å². The molecule has 1 unspecified atom stereocenters. The lowest BCUT2D eigenvalue weighted by atomic mass is 9.99. The Labute approximate surface area is 156 Å². The third-order valence-electron chi connectivity index (χ3n) is 4.78. The molecular formula is C21H20FN3O2. The predicted octanol–water partition coefficient (Wildman–Crippen LogP) is 3.10. The minimum Gasteiger partial charge on any atom is -0.371 e. The van der Waals surface area contributed by atoms with Gasteiger partial charge in [-0.15, -0.1) is 0 Å². The molecule has 138 valence electrons. The van der Waals surface area contributed by atoms with Crippen molar-refractivity contribution in [2.45, 2.75) is 19.1 Å². The fourth-order valence-corrected chi connectivity index (χ4v) is 3.28. The first-order valence-corrected chi connectivity index (χ1v) is 8.87. The molecule has 0 bridgehead atoms. The molecule has 1 N–H and O–H groups in total. The Morgan fingerprint density at radius 3 is 2.74 bits per heavy atom. The van der Waals surface area contributed by atoms with Gasteiger partial charge < -0.3 is 10.1 Å². The maximum absolute atomic E-state index is 13.1. The summed E-state index contributed by atoms with van der Waals surface area (Å²) in [6.07, 6.45) is 0.733. The first-order valence-electron chi connectivity index (χ1n) is 8.87. The van der Waals surface area contributed by atoms with Crippen molar-refractivity contribution in [3.05, 3.63) is 77.2 Å². The number of carbonyl (C=O) groups excluding carboxylic acids is 1. The maximum atomic E-state index is 13.1. The van der Waals surface area contributed by atoms with Crippen LogP contribution in [0, 0.1) is 5.82 Å². The van der Waals surface area contributed by atoms with E-state index in [1.165, 1.54) is 27.9 Å². The first kappa shape index (κ1) is 17.4. The van der Waals surface area contributed by atoms with Gasteiger partial charge in [0.2, 0.25) is 0 Å². The number of aromatic nitrogens is 2. The van der Waals surface area contributed by atoms with Gasteiger partial charge in [-0.3, -0.25) is 9.48 Å². The standard InChI is InChI=1S/C21H20FN3O2/c1-25-20(11-19(24-25)14-6-8-17(22)9-7-14)21(26)23-12-18-10-15-4-2-3-5-16(15)13-27-18/h2-9,11,18H,10,12-13H2,1H3,(H,23,26). The summed E-state index contributed by atoms with van der Waals surface area (Å²) < 4.78 is 20.5. The molecule has 2 heterocycles. The summed E-state index contributed by atoms with van der Waals surface area (Å²) in [5.41, 5.74) is 4.31. The fourth-order valence-electron chi connectivity index (χ4n) is 3.28. The van der Waals surface area contributed by atoms with Crippen molar-refractivity contribution in [1.82, 2.24) is 15.1 Å². The van der Waals surface area contributed by atoms with Gasteiger partial charge in [0.15, 0.2) is 0 Å². The minimum absolute atomic E-state index is 0.0475. The average Bonchev–Trinajstić information content (AvgIpc) is 3.08. The van der Waals surface area contributed by atoms with Crippen LogP contribution in [0.1, 0.15) is 21.6 Å². The number of nitrogens with zero attached hydrogens (tertiary/aromatic N) is 2. The van der Waals surface area contributed by atoms with Gasteiger partial charge in [-0.2, -0.15) is 5.10 Å². The second kappa shape index (κ2) is 7.32. The highest BCUT2D eigenvalue weighted by atomic mass is 19.1. The molecule has 1 aliphatic heterocycles. The zero-order valence-electron chi connectivity index (χ0n) is 15.0. The van der Waals surface area contributed by atoms with E-state index in [0.29, 0.717) is 24.5 Å². The molecule has 0 saturated carbocycles. The quantitative estimate of drug-likeness (QED) is 0.773. The monoisotopic (exact) mass is 365 g/mol. The molecule has 5 nitrogen and oxygen atoms in total. The van der Waals surface area contributed by atoms with Crippen LogP contribution in [0.4, 0.5) is 4.39 Å². The van der Waals surface area contributed by atoms with Gasteiger partial charge in [0.25, 0.3) is 5.91 Å². The molecule has 27 heavy (non-hydrogen) atoms. The van der Waals surface area contributed by atoms with Crippen molar-refractivity contribution in [3.63, 3.8) is 0 Å². The number of rotatable bonds is 4. The third-order valence-corrected chi connectivity index (χ3v) is 4.78. The number of hydrogen-bond donors (Lipinski definition) is 1. The molecular weight excluding hydrogens is 345 g/mol. The number of halogens is 1. The smallest absolute Gasteiger partial charge is 0.269 e. The largest absolute Gasteiger partial charge is 0.371 e. The van der Waals surface area contributed by atoms with Gasteiger partial charge in [0, 0.05) is 25.6 Å². The average molecular weight is 365 g/mol. The number of amides is 1. The highest BCUT2D eigenvalue weighted by Crippen LogP contribution is 2.21. The second-order valence-electron chi connectivity index (χ2n) is 6.66. The van der Waals surface area contributed by atoms with Gasteiger partial charge in [-0.1, -0.05) is 24.3 Å². The van der Waals surface area contributed by atoms with Crippen LogP contribution in [0.3, 0.4) is 0 Å². The van der Waals surface area contributed by atoms with Crippen LogP contribution < -0.4 is 5.32 Å². The van der Waals surface area contributed by atoms with Gasteiger partial charge >= 0.3 is 0 Å². The summed E-state index contributed by atoms with van der Waals surface area (Å²) in [5, 5.41) is 7.29. The van der Waals surface area contributed by atoms with E-state index in [1.54, 1.807) is 25.2 Å². The summed E-state index contributed by atoms with van der Waals surface area (Å²) in [6, 6.07) is 15.9. The van der Waals surface area contributed by atoms with Crippen molar-refractivity contribution < 1.29 is 13.9 Å². The number of hydrogen-bond acceptors (Lipinski definition) is 3. The summed E-state index contributed by atoms with van der Waals surface area (Å²) in [5.74, 6) is -0.512. The molecule has 1 amide bonds. The molecule has 1 aromatic heterocycles. The SMILES string of the molecule is Cn1nc(-c2ccc(F)cc2)cc1C(=O)NCC1Cc2ccccc2CO1. The van der Waals surface area contributed by atoms with E-state index in [4.69, 9.17) is 4.74 Å². The van der Waals surface area contributed by atoms with Crippen molar-refractivity contribution in [1.29, 1.82) is 0 Å². The number of ether oxygens (including phenoxy) is 1. The van der Waals surface area contributed by atoms with E-state index in [2.05, 4.69) is 22.5 Å². The van der Waals surface area contributed by atoms with Crippen LogP contribution in [-0.4, -0.2) is 28.3 Å². The number of benzene rings is 2. The molecule has 4 rings (SSSR count). The van der Waals surface area contributed by atoms with Crippen LogP contribution in [0.5, 0.6) is 0 Å². The Hall–Kier alpha value is -2.99. The highest BCUT2D eigenvalue weighted by molar-refractivity contribution is 5.93. The zero-order valence-corrected chi connectivity index (χ0v) is 15.0. The molecule has 1 aliphatic rings. The van der Waals surface area contributed by atoms with E-state index < -0.39 is 0 Å². The molecule has 1 atom stereocenters. The van der Waals surface area contributed by atoms with Crippen molar-refractivity contribution in [2.75, 3.05) is 6.54 Å². The summed E-state index contributed by atoms with van der Waals surface area (Å²) in [6.45, 7) is 1.00. The Morgan fingerprint density at radius 2 is 1.96 bits per heavy atom. The van der Waals surface area contributed by atoms with Crippen molar-refractivity contribution >= 4 is 5.91 Å². The first-order chi connectivity index (χ1) is 13.1. The third kappa shape index (κ3) is 3.75. The summed E-state index contributed by atoms with van der Waals surface area (Å²) in [7, 11) is 1.72. The minimum atomic E-state index is -0.304. The van der Waals surface area contributed by atoms with Crippen LogP contribution >= 0.6 is 0 Å². The van der Waals surface area contributed by atoms with E-state index in [1.807, 2.05) is 12.1 Å². The lowest BCUT2D eigenvalue weighted by Gasteiger charge is -2.25. The normalized spacial score (nSPS) is 16.0. The Kier molecular flexibility index (Phi) is 4.73. The lowest BCUT2D eigenvalue weighted by Crippen LogP contribution is -2.37. The zero-order chi connectivity index (χ0) is 18.8. The number of nitrogens with one attached hydrogen (secondary N) is 1. The molecule has 3 aromatic rings. The van der Waals surface area contributed by atoms with E-state index in [9.17, 15) is 9.18 Å². The van der Waals surface area contributed by atoms with Crippen LogP contribution in [0.15, 0.2) is 54.6 Å². The van der Waals surface area contributed by atoms with Crippen molar-refractivity contribution in [3.8, 4) is 11.3 Å². The van der Waals surface area contributed by atoms with Crippen LogP contribution in [-0.2, 0) is 24.8 Å². The second-order valence-corrected chi connectivity index (χ2v) is 6.66. The van der Waals surface area contributed by atoms with E-state index >= 15 is 0 Å². The van der Waals surface area contributed by atoms with Gasteiger partial charge in [-0.25, -0.2) is 4.39 Å². The van der Waals surface area contributed by atoms with Crippen LogP contribution in [0.2, 0.25) is 0 Å². The summed E-state index contributed by atoms with van der Waals surface area (Å²) in [4.78, 5) is 12.6. The predicted molar refractivity (Wildman–Crippen MR) is 99.7 cm³/mol. The van der Waals surface area contributed by atoms with E-state index in [0.717, 1.165) is 12.0 Å². The fraction of sp³-hybridized carbons (Fsp3) is 0.238. The Bertz CT molecular complexity index is 966. The Morgan fingerprint density at radius 1 is 1.22 bits per heavy atom. The van der Waals surface area contributed by atoms with Gasteiger partial charge in [0.1, 0.15) is 11.5 Å². The maximum Gasteiger partial charge on any atom is 0.269 e. The highest BCUT2D eigenvalue weighted by Gasteiger charge is 2.21. The summed E-state index contributed by atoms with van der Waals surface area (Å²) >= 11 is 0. The van der Waals surface area contributed by atoms with Crippen LogP contribution in [0.25, 0.3) is 11.3 Å². The number of aryl methyl sites for hydroxylation is 1. The Balaban J connectivity index is 1.41. The molecule has 6 heteroatoms. The topological polar surface area (TPSA) is 56.2 Å². The number of carbonyl (C=O) groups is 1. The molecule has 0 fully saturated rings. The molecule has 0 radical (unpaired) electrons. The lowest BCUT2D eigenvalue weighted by molar-refractivity contribution is 0.0284. The van der Waals surface area contributed by atoms with Crippen molar-refractivity contribution in [2.24, 2.45) is 7.05 Å².